The smallest absolute Gasteiger partial charge is 0.138 e. The number of benzene rings is 1. The molecule has 1 aromatic carbocycles. The molecule has 100 valence electrons. The molecule has 0 fully saturated rings. The van der Waals surface area contributed by atoms with E-state index < -0.39 is 0 Å². The highest BCUT2D eigenvalue weighted by molar-refractivity contribution is 5.64. The van der Waals surface area contributed by atoms with Gasteiger partial charge in [0, 0.05) is 17.8 Å². The van der Waals surface area contributed by atoms with Crippen LogP contribution in [0.25, 0.3) is 0 Å². The lowest BCUT2D eigenvalue weighted by Gasteiger charge is -2.12. The third-order valence-corrected chi connectivity index (χ3v) is 2.86. The fraction of sp³-hybridized carbons (Fsp3) is 0.286. The second-order valence-corrected chi connectivity index (χ2v) is 4.32. The first kappa shape index (κ1) is 13.3. The summed E-state index contributed by atoms with van der Waals surface area (Å²) in [6.07, 6.45) is 1.48. The monoisotopic (exact) mass is 260 g/mol. The maximum atomic E-state index is 13.5. The maximum absolute atomic E-state index is 13.5. The maximum Gasteiger partial charge on any atom is 0.138 e. The Kier molecular flexibility index (Phi) is 3.94. The van der Waals surface area contributed by atoms with Crippen LogP contribution >= 0.6 is 0 Å². The SMILES string of the molecule is CCNc1ncnc(Nc2ccc(C)c(F)c2)c1C. The summed E-state index contributed by atoms with van der Waals surface area (Å²) in [5.41, 5.74) is 2.20. The average molecular weight is 260 g/mol. The Morgan fingerprint density at radius 3 is 2.58 bits per heavy atom. The second kappa shape index (κ2) is 5.65. The van der Waals surface area contributed by atoms with Crippen LogP contribution in [0.15, 0.2) is 24.5 Å². The predicted molar refractivity (Wildman–Crippen MR) is 75.4 cm³/mol. The standard InChI is InChI=1S/C14H17FN4/c1-4-16-13-10(3)14(18-8-17-13)19-11-6-5-9(2)12(15)7-11/h5-8H,4H2,1-3H3,(H2,16,17,18,19). The van der Waals surface area contributed by atoms with E-state index in [4.69, 9.17) is 0 Å². The molecular formula is C14H17FN4. The summed E-state index contributed by atoms with van der Waals surface area (Å²) in [7, 11) is 0. The third-order valence-electron chi connectivity index (χ3n) is 2.86. The van der Waals surface area contributed by atoms with Gasteiger partial charge in [-0.15, -0.1) is 0 Å². The number of aromatic nitrogens is 2. The van der Waals surface area contributed by atoms with Gasteiger partial charge in [0.15, 0.2) is 0 Å². The van der Waals surface area contributed by atoms with Crippen molar-refractivity contribution in [3.05, 3.63) is 41.5 Å². The number of nitrogens with one attached hydrogen (secondary N) is 2. The fourth-order valence-electron chi connectivity index (χ4n) is 1.73. The molecule has 0 amide bonds. The van der Waals surface area contributed by atoms with Crippen molar-refractivity contribution in [2.45, 2.75) is 20.8 Å². The molecule has 0 radical (unpaired) electrons. The van der Waals surface area contributed by atoms with Crippen LogP contribution in [-0.2, 0) is 0 Å². The van der Waals surface area contributed by atoms with Crippen molar-refractivity contribution in [3.63, 3.8) is 0 Å². The first-order chi connectivity index (χ1) is 9.11. The molecule has 5 heteroatoms. The molecule has 0 aliphatic carbocycles. The van der Waals surface area contributed by atoms with Gasteiger partial charge in [-0.05, 0) is 38.5 Å². The summed E-state index contributed by atoms with van der Waals surface area (Å²) in [4.78, 5) is 8.35. The second-order valence-electron chi connectivity index (χ2n) is 4.32. The number of rotatable bonds is 4. The lowest BCUT2D eigenvalue weighted by atomic mass is 10.2. The molecule has 19 heavy (non-hydrogen) atoms. The molecular weight excluding hydrogens is 243 g/mol. The van der Waals surface area contributed by atoms with E-state index in [0.29, 0.717) is 17.1 Å². The Balaban J connectivity index is 2.27. The Morgan fingerprint density at radius 1 is 1.16 bits per heavy atom. The number of aryl methyl sites for hydroxylation is 1. The molecule has 0 saturated carbocycles. The van der Waals surface area contributed by atoms with E-state index in [1.54, 1.807) is 13.0 Å². The van der Waals surface area contributed by atoms with Crippen molar-refractivity contribution >= 4 is 17.3 Å². The summed E-state index contributed by atoms with van der Waals surface area (Å²) >= 11 is 0. The Hall–Kier alpha value is -2.17. The predicted octanol–water partition coefficient (Wildman–Crippen LogP) is 3.41. The Labute approximate surface area is 112 Å². The van der Waals surface area contributed by atoms with E-state index in [9.17, 15) is 4.39 Å². The van der Waals surface area contributed by atoms with Crippen molar-refractivity contribution in [2.24, 2.45) is 0 Å². The minimum atomic E-state index is -0.233. The highest BCUT2D eigenvalue weighted by atomic mass is 19.1. The lowest BCUT2D eigenvalue weighted by Crippen LogP contribution is -2.05. The normalized spacial score (nSPS) is 10.3. The summed E-state index contributed by atoms with van der Waals surface area (Å²) in [5.74, 6) is 1.23. The number of hydrogen-bond acceptors (Lipinski definition) is 4. The fourth-order valence-corrected chi connectivity index (χ4v) is 1.73. The van der Waals surface area contributed by atoms with Crippen LogP contribution in [0.1, 0.15) is 18.1 Å². The van der Waals surface area contributed by atoms with E-state index in [-0.39, 0.29) is 5.82 Å². The van der Waals surface area contributed by atoms with Crippen molar-refractivity contribution in [1.82, 2.24) is 9.97 Å². The molecule has 0 bridgehead atoms. The average Bonchev–Trinajstić information content (AvgIpc) is 2.39. The molecule has 0 aliphatic rings. The molecule has 0 saturated heterocycles. The van der Waals surface area contributed by atoms with Crippen LogP contribution < -0.4 is 10.6 Å². The van der Waals surface area contributed by atoms with Crippen LogP contribution in [0.5, 0.6) is 0 Å². The summed E-state index contributed by atoms with van der Waals surface area (Å²) in [5, 5.41) is 6.27. The van der Waals surface area contributed by atoms with Gasteiger partial charge >= 0.3 is 0 Å². The van der Waals surface area contributed by atoms with Gasteiger partial charge in [0.25, 0.3) is 0 Å². The molecule has 2 rings (SSSR count). The summed E-state index contributed by atoms with van der Waals surface area (Å²) in [6, 6.07) is 5.02. The molecule has 2 N–H and O–H groups in total. The Bertz CT molecular complexity index is 584. The molecule has 0 atom stereocenters. The van der Waals surface area contributed by atoms with E-state index in [1.165, 1.54) is 12.4 Å². The summed E-state index contributed by atoms with van der Waals surface area (Å²) < 4.78 is 13.5. The molecule has 2 aromatic rings. The molecule has 1 heterocycles. The van der Waals surface area contributed by atoms with Gasteiger partial charge in [-0.1, -0.05) is 6.07 Å². The zero-order valence-corrected chi connectivity index (χ0v) is 11.3. The molecule has 0 spiro atoms. The van der Waals surface area contributed by atoms with Gasteiger partial charge in [0.1, 0.15) is 23.8 Å². The van der Waals surface area contributed by atoms with Crippen LogP contribution in [0.2, 0.25) is 0 Å². The van der Waals surface area contributed by atoms with Crippen molar-refractivity contribution in [1.29, 1.82) is 0 Å². The largest absolute Gasteiger partial charge is 0.370 e. The van der Waals surface area contributed by atoms with Crippen molar-refractivity contribution in [3.8, 4) is 0 Å². The van der Waals surface area contributed by atoms with Gasteiger partial charge in [0.05, 0.1) is 0 Å². The zero-order valence-electron chi connectivity index (χ0n) is 11.3. The minimum Gasteiger partial charge on any atom is -0.370 e. The molecule has 4 nitrogen and oxygen atoms in total. The quantitative estimate of drug-likeness (QED) is 0.884. The molecule has 1 aromatic heterocycles. The first-order valence-electron chi connectivity index (χ1n) is 6.20. The topological polar surface area (TPSA) is 49.8 Å². The minimum absolute atomic E-state index is 0.233. The van der Waals surface area contributed by atoms with Crippen LogP contribution in [0, 0.1) is 19.7 Å². The van der Waals surface area contributed by atoms with Crippen LogP contribution in [-0.4, -0.2) is 16.5 Å². The number of halogens is 1. The van der Waals surface area contributed by atoms with Gasteiger partial charge in [-0.25, -0.2) is 14.4 Å². The molecule has 0 aliphatic heterocycles. The third kappa shape index (κ3) is 2.99. The zero-order chi connectivity index (χ0) is 13.8. The highest BCUT2D eigenvalue weighted by Gasteiger charge is 2.07. The lowest BCUT2D eigenvalue weighted by molar-refractivity contribution is 0.619. The van der Waals surface area contributed by atoms with Crippen LogP contribution in [0.4, 0.5) is 21.7 Å². The van der Waals surface area contributed by atoms with Crippen LogP contribution in [0.3, 0.4) is 0 Å². The van der Waals surface area contributed by atoms with Gasteiger partial charge in [-0.3, -0.25) is 0 Å². The molecule has 0 unspecified atom stereocenters. The van der Waals surface area contributed by atoms with E-state index in [0.717, 1.165) is 17.9 Å². The number of hydrogen-bond donors (Lipinski definition) is 2. The Morgan fingerprint density at radius 2 is 1.89 bits per heavy atom. The van der Waals surface area contributed by atoms with E-state index in [2.05, 4.69) is 20.6 Å². The van der Waals surface area contributed by atoms with E-state index >= 15 is 0 Å². The number of anilines is 3. The van der Waals surface area contributed by atoms with Crippen molar-refractivity contribution < 1.29 is 4.39 Å². The van der Waals surface area contributed by atoms with Gasteiger partial charge < -0.3 is 10.6 Å². The van der Waals surface area contributed by atoms with Gasteiger partial charge in [-0.2, -0.15) is 0 Å². The first-order valence-corrected chi connectivity index (χ1v) is 6.20. The van der Waals surface area contributed by atoms with Crippen molar-refractivity contribution in [2.75, 3.05) is 17.2 Å². The number of nitrogens with zero attached hydrogens (tertiary/aromatic N) is 2. The van der Waals surface area contributed by atoms with Gasteiger partial charge in [0.2, 0.25) is 0 Å². The van der Waals surface area contributed by atoms with E-state index in [1.807, 2.05) is 19.9 Å². The highest BCUT2D eigenvalue weighted by Crippen LogP contribution is 2.23. The summed E-state index contributed by atoms with van der Waals surface area (Å²) in [6.45, 7) is 6.45.